The van der Waals surface area contributed by atoms with Crippen LogP contribution in [0.2, 0.25) is 0 Å². The van der Waals surface area contributed by atoms with Gasteiger partial charge in [-0.1, -0.05) is 18.2 Å². The Balaban J connectivity index is 2.11. The van der Waals surface area contributed by atoms with Crippen molar-refractivity contribution in [3.05, 3.63) is 47.3 Å². The molecule has 2 N–H and O–H groups in total. The molecule has 0 spiro atoms. The van der Waals surface area contributed by atoms with Crippen molar-refractivity contribution < 1.29 is 4.79 Å². The third-order valence-electron chi connectivity index (χ3n) is 3.18. The fraction of sp³-hybridized carbons (Fsp3) is 0.333. The minimum absolute atomic E-state index is 0.0137. The highest BCUT2D eigenvalue weighted by Gasteiger charge is 2.17. The summed E-state index contributed by atoms with van der Waals surface area (Å²) in [6.45, 7) is 5.87. The van der Waals surface area contributed by atoms with Crippen molar-refractivity contribution in [3.63, 3.8) is 0 Å². The summed E-state index contributed by atoms with van der Waals surface area (Å²) in [6.07, 6.45) is 10.5. The molecule has 0 unspecified atom stereocenters. The number of nitrogens with zero attached hydrogens (tertiary/aromatic N) is 1. The quantitative estimate of drug-likeness (QED) is 0.761. The lowest BCUT2D eigenvalue weighted by Crippen LogP contribution is -2.46. The second-order valence-corrected chi connectivity index (χ2v) is 4.78. The molecule has 2 aliphatic heterocycles. The molecule has 2 rings (SSSR count). The fourth-order valence-electron chi connectivity index (χ4n) is 1.94. The lowest BCUT2D eigenvalue weighted by molar-refractivity contribution is -0.118. The molecule has 0 saturated heterocycles. The molecule has 0 aromatic heterocycles. The van der Waals surface area contributed by atoms with Gasteiger partial charge in [0.1, 0.15) is 0 Å². The zero-order valence-electron chi connectivity index (χ0n) is 11.5. The molecule has 100 valence electrons. The summed E-state index contributed by atoms with van der Waals surface area (Å²) < 4.78 is 0. The number of allylic oxidation sites excluding steroid dienone is 4. The molecule has 4 heteroatoms. The van der Waals surface area contributed by atoms with Gasteiger partial charge in [-0.2, -0.15) is 0 Å². The van der Waals surface area contributed by atoms with Crippen LogP contribution < -0.4 is 10.6 Å². The molecule has 0 aromatic rings. The number of carbonyl (C=O) groups excluding carboxylic acids is 1. The highest BCUT2D eigenvalue weighted by atomic mass is 16.2. The van der Waals surface area contributed by atoms with Gasteiger partial charge in [-0.25, -0.2) is 0 Å². The average molecular weight is 257 g/mol. The van der Waals surface area contributed by atoms with Gasteiger partial charge in [0.15, 0.2) is 0 Å². The van der Waals surface area contributed by atoms with E-state index >= 15 is 0 Å². The molecule has 0 aliphatic carbocycles. The molecular weight excluding hydrogens is 238 g/mol. The Morgan fingerprint density at radius 2 is 2.11 bits per heavy atom. The molecule has 1 amide bonds. The van der Waals surface area contributed by atoms with Crippen LogP contribution in [-0.2, 0) is 4.79 Å². The summed E-state index contributed by atoms with van der Waals surface area (Å²) in [6, 6.07) is 0. The maximum atomic E-state index is 11.8. The highest BCUT2D eigenvalue weighted by Crippen LogP contribution is 2.14. The van der Waals surface area contributed by atoms with Crippen LogP contribution >= 0.6 is 0 Å². The molecule has 19 heavy (non-hydrogen) atoms. The van der Waals surface area contributed by atoms with Crippen LogP contribution in [0.3, 0.4) is 0 Å². The number of rotatable bonds is 3. The molecular formula is C15H19N3O. The van der Waals surface area contributed by atoms with Gasteiger partial charge in [-0.05, 0) is 31.9 Å². The van der Waals surface area contributed by atoms with E-state index < -0.39 is 0 Å². The van der Waals surface area contributed by atoms with Gasteiger partial charge < -0.3 is 10.6 Å². The highest BCUT2D eigenvalue weighted by molar-refractivity contribution is 6.02. The SMILES string of the molecule is C/C(=C/C=C(\C)C1=CN[C@H](C)NC1=O)C1=NC=CC1. The third kappa shape index (κ3) is 3.22. The second-order valence-electron chi connectivity index (χ2n) is 4.78. The molecule has 0 saturated carbocycles. The second kappa shape index (κ2) is 5.69. The monoisotopic (exact) mass is 257 g/mol. The lowest BCUT2D eigenvalue weighted by atomic mass is 10.0. The Bertz CT molecular complexity index is 536. The summed E-state index contributed by atoms with van der Waals surface area (Å²) in [7, 11) is 0. The molecule has 2 aliphatic rings. The van der Waals surface area contributed by atoms with Gasteiger partial charge in [-0.3, -0.25) is 9.79 Å². The van der Waals surface area contributed by atoms with E-state index in [4.69, 9.17) is 0 Å². The van der Waals surface area contributed by atoms with Crippen LogP contribution in [0.4, 0.5) is 0 Å². The van der Waals surface area contributed by atoms with Crippen LogP contribution in [0.25, 0.3) is 0 Å². The summed E-state index contributed by atoms with van der Waals surface area (Å²) in [4.78, 5) is 16.1. The molecule has 0 bridgehead atoms. The molecule has 0 radical (unpaired) electrons. The molecule has 1 atom stereocenters. The molecule has 4 nitrogen and oxygen atoms in total. The zero-order chi connectivity index (χ0) is 13.8. The Morgan fingerprint density at radius 1 is 1.37 bits per heavy atom. The van der Waals surface area contributed by atoms with Crippen LogP contribution in [0.5, 0.6) is 0 Å². The van der Waals surface area contributed by atoms with E-state index in [0.717, 1.165) is 23.3 Å². The zero-order valence-corrected chi connectivity index (χ0v) is 11.5. The van der Waals surface area contributed by atoms with Crippen molar-refractivity contribution in [1.82, 2.24) is 10.6 Å². The number of aliphatic imine (C=N–C) groups is 1. The van der Waals surface area contributed by atoms with E-state index in [9.17, 15) is 4.79 Å². The number of carbonyl (C=O) groups is 1. The minimum atomic E-state index is -0.0362. The summed E-state index contributed by atoms with van der Waals surface area (Å²) >= 11 is 0. The Hall–Kier alpha value is -2.10. The Morgan fingerprint density at radius 3 is 2.74 bits per heavy atom. The van der Waals surface area contributed by atoms with Crippen LogP contribution in [-0.4, -0.2) is 17.8 Å². The van der Waals surface area contributed by atoms with Crippen molar-refractivity contribution in [2.24, 2.45) is 4.99 Å². The maximum Gasteiger partial charge on any atom is 0.254 e. The number of hydrogen-bond donors (Lipinski definition) is 2. The maximum absolute atomic E-state index is 11.8. The van der Waals surface area contributed by atoms with Gasteiger partial charge in [0, 0.05) is 24.5 Å². The van der Waals surface area contributed by atoms with E-state index in [1.54, 1.807) is 6.20 Å². The van der Waals surface area contributed by atoms with E-state index in [1.165, 1.54) is 0 Å². The predicted octanol–water partition coefficient (Wildman–Crippen LogP) is 2.19. The van der Waals surface area contributed by atoms with E-state index in [-0.39, 0.29) is 12.1 Å². The number of hydrogen-bond acceptors (Lipinski definition) is 3. The first-order valence-electron chi connectivity index (χ1n) is 6.42. The van der Waals surface area contributed by atoms with Gasteiger partial charge >= 0.3 is 0 Å². The standard InChI is InChI=1S/C15H19N3O/c1-10(13-9-17-12(3)18-15(13)19)6-7-11(2)14-5-4-8-16-14/h4,6-9,12,17H,5H2,1-3H3,(H,18,19)/b10-6+,11-7-/t12-/m0/s1. The van der Waals surface area contributed by atoms with Gasteiger partial charge in [0.2, 0.25) is 0 Å². The Kier molecular flexibility index (Phi) is 4.00. The van der Waals surface area contributed by atoms with Crippen molar-refractivity contribution in [3.8, 4) is 0 Å². The van der Waals surface area contributed by atoms with Gasteiger partial charge in [-0.15, -0.1) is 0 Å². The first-order valence-corrected chi connectivity index (χ1v) is 6.42. The molecule has 2 heterocycles. The van der Waals surface area contributed by atoms with Crippen LogP contribution in [0.1, 0.15) is 27.2 Å². The number of amides is 1. The first-order chi connectivity index (χ1) is 9.08. The lowest BCUT2D eigenvalue weighted by Gasteiger charge is -2.21. The van der Waals surface area contributed by atoms with Crippen molar-refractivity contribution >= 4 is 11.6 Å². The third-order valence-corrected chi connectivity index (χ3v) is 3.18. The van der Waals surface area contributed by atoms with Gasteiger partial charge in [0.05, 0.1) is 11.7 Å². The largest absolute Gasteiger partial charge is 0.371 e. The fourth-order valence-corrected chi connectivity index (χ4v) is 1.94. The minimum Gasteiger partial charge on any atom is -0.371 e. The topological polar surface area (TPSA) is 53.5 Å². The van der Waals surface area contributed by atoms with E-state index in [1.807, 2.05) is 45.2 Å². The Labute approximate surface area is 113 Å². The summed E-state index contributed by atoms with van der Waals surface area (Å²) in [5.41, 5.74) is 3.82. The summed E-state index contributed by atoms with van der Waals surface area (Å²) in [5, 5.41) is 5.94. The normalized spacial score (nSPS) is 23.7. The van der Waals surface area contributed by atoms with Crippen molar-refractivity contribution in [1.29, 1.82) is 0 Å². The van der Waals surface area contributed by atoms with Crippen LogP contribution in [0, 0.1) is 0 Å². The predicted molar refractivity (Wildman–Crippen MR) is 77.5 cm³/mol. The average Bonchev–Trinajstić information content (AvgIpc) is 2.89. The van der Waals surface area contributed by atoms with E-state index in [2.05, 4.69) is 15.6 Å². The smallest absolute Gasteiger partial charge is 0.254 e. The molecule has 0 aromatic carbocycles. The van der Waals surface area contributed by atoms with Crippen molar-refractivity contribution in [2.45, 2.75) is 33.4 Å². The van der Waals surface area contributed by atoms with Crippen molar-refractivity contribution in [2.75, 3.05) is 0 Å². The van der Waals surface area contributed by atoms with Crippen LogP contribution in [0.15, 0.2) is 52.3 Å². The first kappa shape index (κ1) is 13.3. The summed E-state index contributed by atoms with van der Waals surface area (Å²) in [5.74, 6) is -0.0362. The molecule has 0 fully saturated rings. The van der Waals surface area contributed by atoms with E-state index in [0.29, 0.717) is 5.57 Å². The van der Waals surface area contributed by atoms with Gasteiger partial charge in [0.25, 0.3) is 5.91 Å². The number of nitrogens with one attached hydrogen (secondary N) is 2.